The lowest BCUT2D eigenvalue weighted by atomic mass is 9.99. The Morgan fingerprint density at radius 3 is 1.93 bits per heavy atom. The maximum atomic E-state index is 3.81. The Morgan fingerprint density at radius 2 is 1.26 bits per heavy atom. The molecule has 1 aromatic heterocycles. The fourth-order valence-electron chi connectivity index (χ4n) is 4.00. The number of hydrogen-bond donors (Lipinski definition) is 0. The van der Waals surface area contributed by atoms with E-state index in [1.165, 1.54) is 66.5 Å². The van der Waals surface area contributed by atoms with Crippen molar-refractivity contribution in [2.45, 2.75) is 25.7 Å². The Morgan fingerprint density at radius 1 is 0.667 bits per heavy atom. The van der Waals surface area contributed by atoms with Crippen LogP contribution in [0.25, 0.3) is 42.4 Å². The molecule has 0 fully saturated rings. The SMILES string of the molecule is C=CCCCCc1cc2cc3cc4cc5ccccc5cc4cc3cc2s1. The predicted molar refractivity (Wildman–Crippen MR) is 122 cm³/mol. The van der Waals surface area contributed by atoms with Crippen molar-refractivity contribution in [1.82, 2.24) is 0 Å². The minimum absolute atomic E-state index is 1.12. The predicted octanol–water partition coefficient (Wildman–Crippen LogP) is 8.26. The van der Waals surface area contributed by atoms with Crippen molar-refractivity contribution in [3.8, 4) is 0 Å². The Labute approximate surface area is 163 Å². The molecular weight excluding hydrogens is 344 g/mol. The van der Waals surface area contributed by atoms with E-state index >= 15 is 0 Å². The summed E-state index contributed by atoms with van der Waals surface area (Å²) in [5.41, 5.74) is 0. The zero-order valence-corrected chi connectivity index (χ0v) is 16.2. The van der Waals surface area contributed by atoms with Gasteiger partial charge in [-0.15, -0.1) is 17.9 Å². The summed E-state index contributed by atoms with van der Waals surface area (Å²) in [7, 11) is 0. The molecule has 0 nitrogen and oxygen atoms in total. The van der Waals surface area contributed by atoms with Crippen LogP contribution in [-0.4, -0.2) is 0 Å². The molecule has 0 atom stereocenters. The first-order chi connectivity index (χ1) is 13.3. The molecule has 0 saturated carbocycles. The molecule has 0 aliphatic carbocycles. The van der Waals surface area contributed by atoms with Crippen LogP contribution < -0.4 is 0 Å². The van der Waals surface area contributed by atoms with Crippen molar-refractivity contribution in [2.24, 2.45) is 0 Å². The molecule has 0 amide bonds. The first kappa shape index (κ1) is 16.5. The summed E-state index contributed by atoms with van der Waals surface area (Å²) in [6.45, 7) is 3.81. The molecule has 5 aromatic rings. The molecule has 4 aromatic carbocycles. The van der Waals surface area contributed by atoms with Gasteiger partial charge in [0.15, 0.2) is 0 Å². The van der Waals surface area contributed by atoms with Crippen LogP contribution >= 0.6 is 11.3 Å². The second-order valence-electron chi connectivity index (χ2n) is 7.38. The third-order valence-corrected chi connectivity index (χ3v) is 6.59. The standard InChI is InChI=1S/C26H22S/c1-2-3-4-5-10-25-16-24-15-22-13-20-11-18-8-6-7-9-19(18)12-21(20)14-23(22)17-26(24)27-25/h2,6-9,11-17H,1,3-5,10H2. The van der Waals surface area contributed by atoms with Gasteiger partial charge in [-0.05, 0) is 106 Å². The summed E-state index contributed by atoms with van der Waals surface area (Å²) in [6.07, 6.45) is 6.80. The number of allylic oxidation sites excluding steroid dienone is 1. The van der Waals surface area contributed by atoms with Crippen molar-refractivity contribution < 1.29 is 0 Å². The van der Waals surface area contributed by atoms with Crippen molar-refractivity contribution >= 4 is 53.7 Å². The molecule has 0 spiro atoms. The monoisotopic (exact) mass is 366 g/mol. The maximum absolute atomic E-state index is 3.81. The molecule has 0 aliphatic rings. The maximum Gasteiger partial charge on any atom is 0.0352 e. The van der Waals surface area contributed by atoms with E-state index in [-0.39, 0.29) is 0 Å². The van der Waals surface area contributed by atoms with Crippen LogP contribution in [0.4, 0.5) is 0 Å². The van der Waals surface area contributed by atoms with Gasteiger partial charge < -0.3 is 0 Å². The zero-order valence-electron chi connectivity index (χ0n) is 15.4. The Kier molecular flexibility index (Phi) is 4.18. The molecule has 27 heavy (non-hydrogen) atoms. The Bertz CT molecular complexity index is 1200. The largest absolute Gasteiger partial charge is 0.140 e. The third kappa shape index (κ3) is 3.13. The molecule has 5 rings (SSSR count). The van der Waals surface area contributed by atoms with Gasteiger partial charge in [0.1, 0.15) is 0 Å². The number of unbranched alkanes of at least 4 members (excludes halogenated alkanes) is 2. The highest BCUT2D eigenvalue weighted by atomic mass is 32.1. The quantitative estimate of drug-likeness (QED) is 0.167. The van der Waals surface area contributed by atoms with Gasteiger partial charge in [0, 0.05) is 9.58 Å². The number of benzene rings is 4. The number of hydrogen-bond acceptors (Lipinski definition) is 1. The van der Waals surface area contributed by atoms with Gasteiger partial charge in [0.25, 0.3) is 0 Å². The van der Waals surface area contributed by atoms with Gasteiger partial charge in [0.05, 0.1) is 0 Å². The fraction of sp³-hybridized carbons (Fsp3) is 0.154. The molecule has 1 heteroatoms. The first-order valence-corrected chi connectivity index (χ1v) is 10.5. The number of fused-ring (bicyclic) bond motifs is 4. The molecule has 132 valence electrons. The van der Waals surface area contributed by atoms with E-state index in [0.717, 1.165) is 6.42 Å². The molecule has 0 aliphatic heterocycles. The van der Waals surface area contributed by atoms with E-state index < -0.39 is 0 Å². The molecular formula is C26H22S. The second-order valence-corrected chi connectivity index (χ2v) is 8.55. The van der Waals surface area contributed by atoms with Crippen molar-refractivity contribution in [1.29, 1.82) is 0 Å². The van der Waals surface area contributed by atoms with Crippen molar-refractivity contribution in [3.63, 3.8) is 0 Å². The molecule has 1 heterocycles. The summed E-state index contributed by atoms with van der Waals surface area (Å²) in [5, 5.41) is 9.31. The third-order valence-electron chi connectivity index (χ3n) is 5.43. The molecule has 0 unspecified atom stereocenters. The zero-order chi connectivity index (χ0) is 18.2. The molecule has 0 bridgehead atoms. The second kappa shape index (κ2) is 6.83. The van der Waals surface area contributed by atoms with E-state index in [9.17, 15) is 0 Å². The molecule has 0 saturated heterocycles. The lowest BCUT2D eigenvalue weighted by molar-refractivity contribution is 0.755. The van der Waals surface area contributed by atoms with E-state index in [1.807, 2.05) is 17.4 Å². The fourth-order valence-corrected chi connectivity index (χ4v) is 5.13. The first-order valence-electron chi connectivity index (χ1n) is 9.70. The minimum atomic E-state index is 1.12. The number of aryl methyl sites for hydroxylation is 1. The van der Waals surface area contributed by atoms with Gasteiger partial charge in [0.2, 0.25) is 0 Å². The average Bonchev–Trinajstić information content (AvgIpc) is 3.07. The average molecular weight is 367 g/mol. The van der Waals surface area contributed by atoms with E-state index in [1.54, 1.807) is 0 Å². The lowest BCUT2D eigenvalue weighted by Gasteiger charge is -2.05. The van der Waals surface area contributed by atoms with Crippen LogP contribution in [-0.2, 0) is 6.42 Å². The van der Waals surface area contributed by atoms with Crippen molar-refractivity contribution in [2.75, 3.05) is 0 Å². The topological polar surface area (TPSA) is 0 Å². The van der Waals surface area contributed by atoms with E-state index in [4.69, 9.17) is 0 Å². The summed E-state index contributed by atoms with van der Waals surface area (Å²) < 4.78 is 1.40. The highest BCUT2D eigenvalue weighted by molar-refractivity contribution is 7.19. The van der Waals surface area contributed by atoms with E-state index in [2.05, 4.69) is 73.3 Å². The summed E-state index contributed by atoms with van der Waals surface area (Å²) in [6, 6.07) is 25.1. The Hall–Kier alpha value is -2.64. The highest BCUT2D eigenvalue weighted by Gasteiger charge is 2.06. The van der Waals surface area contributed by atoms with Gasteiger partial charge >= 0.3 is 0 Å². The van der Waals surface area contributed by atoms with Crippen LogP contribution in [0.5, 0.6) is 0 Å². The van der Waals surface area contributed by atoms with Gasteiger partial charge in [-0.3, -0.25) is 0 Å². The van der Waals surface area contributed by atoms with Crippen LogP contribution in [0.15, 0.2) is 79.4 Å². The Balaban J connectivity index is 1.59. The summed E-state index contributed by atoms with van der Waals surface area (Å²) in [4.78, 5) is 1.50. The van der Waals surface area contributed by atoms with Gasteiger partial charge in [-0.1, -0.05) is 30.3 Å². The van der Waals surface area contributed by atoms with Gasteiger partial charge in [-0.25, -0.2) is 0 Å². The minimum Gasteiger partial charge on any atom is -0.140 e. The van der Waals surface area contributed by atoms with Crippen molar-refractivity contribution in [3.05, 3.63) is 84.3 Å². The number of thiophene rings is 1. The summed E-state index contributed by atoms with van der Waals surface area (Å²) >= 11 is 1.95. The normalized spacial score (nSPS) is 11.7. The lowest BCUT2D eigenvalue weighted by Crippen LogP contribution is -1.79. The molecule has 0 N–H and O–H groups in total. The molecule has 0 radical (unpaired) electrons. The van der Waals surface area contributed by atoms with Crippen LogP contribution in [0.2, 0.25) is 0 Å². The van der Waals surface area contributed by atoms with E-state index in [0.29, 0.717) is 0 Å². The van der Waals surface area contributed by atoms with Crippen LogP contribution in [0.3, 0.4) is 0 Å². The number of rotatable bonds is 5. The van der Waals surface area contributed by atoms with Crippen LogP contribution in [0.1, 0.15) is 24.1 Å². The summed E-state index contributed by atoms with van der Waals surface area (Å²) in [5.74, 6) is 0. The highest BCUT2D eigenvalue weighted by Crippen LogP contribution is 2.34. The van der Waals surface area contributed by atoms with Gasteiger partial charge in [-0.2, -0.15) is 0 Å². The van der Waals surface area contributed by atoms with Crippen LogP contribution in [0, 0.1) is 0 Å². The smallest absolute Gasteiger partial charge is 0.0352 e.